The van der Waals surface area contributed by atoms with E-state index in [0.717, 1.165) is 22.5 Å². The highest BCUT2D eigenvalue weighted by atomic mass is 35.5. The number of nitrogens with one attached hydrogen (secondary N) is 2. The summed E-state index contributed by atoms with van der Waals surface area (Å²) >= 11 is 8.39. The van der Waals surface area contributed by atoms with E-state index in [2.05, 4.69) is 20.1 Å². The number of amidine groups is 1. The number of fused-ring (bicyclic) bond motifs is 1. The van der Waals surface area contributed by atoms with Gasteiger partial charge < -0.3 is 25.4 Å². The van der Waals surface area contributed by atoms with E-state index >= 15 is 0 Å². The molecule has 37 heavy (non-hydrogen) atoms. The van der Waals surface area contributed by atoms with Crippen LogP contribution in [0.4, 0.5) is 4.39 Å². The van der Waals surface area contributed by atoms with E-state index in [9.17, 15) is 18.8 Å². The van der Waals surface area contributed by atoms with Gasteiger partial charge in [-0.1, -0.05) is 17.3 Å². The Morgan fingerprint density at radius 3 is 2.73 bits per heavy atom. The average molecular weight is 573 g/mol. The molecule has 2 atom stereocenters. The Kier molecular flexibility index (Phi) is 8.68. The van der Waals surface area contributed by atoms with Gasteiger partial charge in [-0.25, -0.2) is 14.2 Å². The predicted molar refractivity (Wildman–Crippen MR) is 135 cm³/mol. The van der Waals surface area contributed by atoms with Crippen molar-refractivity contribution in [3.63, 3.8) is 0 Å². The number of hydrogen-bond acceptors (Lipinski definition) is 11. The molecule has 0 bridgehead atoms. The molecule has 198 valence electrons. The first-order valence-electron chi connectivity index (χ1n) is 10.7. The maximum atomic E-state index is 13.1. The second-order valence-corrected chi connectivity index (χ2v) is 9.85. The Morgan fingerprint density at radius 2 is 2.11 bits per heavy atom. The molecular weight excluding hydrogens is 551 g/mol. The zero-order valence-electron chi connectivity index (χ0n) is 19.3. The summed E-state index contributed by atoms with van der Waals surface area (Å²) in [6.07, 6.45) is 1.35. The molecule has 0 radical (unpaired) electrons. The third kappa shape index (κ3) is 5.74. The van der Waals surface area contributed by atoms with Crippen molar-refractivity contribution in [1.29, 1.82) is 0 Å². The first-order valence-corrected chi connectivity index (χ1v) is 13.1. The highest BCUT2D eigenvalue weighted by Gasteiger charge is 2.54. The number of carbonyl (C=O) groups excluding carboxylic acids is 3. The van der Waals surface area contributed by atoms with Crippen molar-refractivity contribution in [3.05, 3.63) is 52.3 Å². The summed E-state index contributed by atoms with van der Waals surface area (Å²) in [5, 5.41) is 6.90. The molecule has 0 aromatic heterocycles. The fourth-order valence-electron chi connectivity index (χ4n) is 3.59. The van der Waals surface area contributed by atoms with Crippen LogP contribution in [0.15, 0.2) is 51.9 Å². The molecule has 2 amide bonds. The number of β-lactam (4-membered cyclic amide) rings is 1. The second kappa shape index (κ2) is 11.9. The van der Waals surface area contributed by atoms with E-state index in [-0.39, 0.29) is 24.0 Å². The fraction of sp³-hybridized carbons (Fsp3) is 0.333. The number of hydrogen-bond donors (Lipinski definition) is 3. The number of thioether (sulfide) groups is 1. The molecule has 16 heteroatoms. The number of hydrazine groups is 1. The normalized spacial score (nSPS) is 21.2. The van der Waals surface area contributed by atoms with Gasteiger partial charge in [0.25, 0.3) is 24.5 Å². The fourth-order valence-corrected chi connectivity index (χ4v) is 5.77. The lowest BCUT2D eigenvalue weighted by molar-refractivity contribution is -0.153. The lowest BCUT2D eigenvalue weighted by atomic mass is 10.0. The number of ether oxygens (including phenoxy) is 2. The second-order valence-electron chi connectivity index (χ2n) is 7.62. The predicted octanol–water partition coefficient (Wildman–Crippen LogP) is 1.11. The highest BCUT2D eigenvalue weighted by molar-refractivity contribution is 8.01. The van der Waals surface area contributed by atoms with Crippen LogP contribution in [0, 0.1) is 0 Å². The molecule has 1 aromatic carbocycles. The van der Waals surface area contributed by atoms with Crippen molar-refractivity contribution >= 4 is 58.9 Å². The molecule has 3 heterocycles. The van der Waals surface area contributed by atoms with Crippen LogP contribution in [0.2, 0.25) is 0 Å². The Morgan fingerprint density at radius 1 is 1.35 bits per heavy atom. The Labute approximate surface area is 224 Å². The standard InChI is InChI=1S/C21H22ClFN6O6S2/c1-33-13-4-2-11(3-5-13)8-34-21(32)16-12(6-22)9-36-20-15(19(31)29(16)20)25-18(30)17(26-35-10-23)28-7-14(24)37-27-28/h2-5,7,15,20,27H,6,8-10,24H2,1H3,(H,25,30)/t15-,20-/m1/s1. The average Bonchev–Trinajstić information content (AvgIpc) is 3.35. The molecule has 1 saturated heterocycles. The maximum Gasteiger partial charge on any atom is 0.355 e. The van der Waals surface area contributed by atoms with Crippen LogP contribution in [0.25, 0.3) is 0 Å². The van der Waals surface area contributed by atoms with Gasteiger partial charge in [-0.2, -0.15) is 4.83 Å². The van der Waals surface area contributed by atoms with Gasteiger partial charge in [0.2, 0.25) is 0 Å². The molecule has 0 spiro atoms. The Balaban J connectivity index is 1.44. The van der Waals surface area contributed by atoms with Gasteiger partial charge in [0, 0.05) is 11.6 Å². The summed E-state index contributed by atoms with van der Waals surface area (Å²) in [5.41, 5.74) is 7.01. The van der Waals surface area contributed by atoms with Crippen molar-refractivity contribution in [3.8, 4) is 5.75 Å². The molecule has 3 aliphatic heterocycles. The molecule has 12 nitrogen and oxygen atoms in total. The van der Waals surface area contributed by atoms with Crippen LogP contribution >= 0.6 is 35.3 Å². The summed E-state index contributed by atoms with van der Waals surface area (Å²) < 4.78 is 23.1. The minimum Gasteiger partial charge on any atom is -0.497 e. The Hall–Kier alpha value is -3.14. The van der Waals surface area contributed by atoms with Crippen LogP contribution in [0.1, 0.15) is 5.56 Å². The maximum absolute atomic E-state index is 13.1. The van der Waals surface area contributed by atoms with E-state index in [0.29, 0.717) is 22.1 Å². The summed E-state index contributed by atoms with van der Waals surface area (Å²) in [6, 6.07) is 6.01. The SMILES string of the molecule is COc1ccc(COC(=O)C2=C(CCl)CS[C@@H]3[C@H](NC(=O)C(=NOCF)N4C=C(N)SN4)C(=O)N23)cc1. The number of methoxy groups -OCH3 is 1. The lowest BCUT2D eigenvalue weighted by Crippen LogP contribution is -2.71. The third-order valence-electron chi connectivity index (χ3n) is 5.37. The molecule has 0 saturated carbocycles. The van der Waals surface area contributed by atoms with E-state index in [1.54, 1.807) is 31.4 Å². The highest BCUT2D eigenvalue weighted by Crippen LogP contribution is 2.41. The number of amides is 2. The number of nitrogens with two attached hydrogens (primary N) is 1. The number of alkyl halides is 2. The number of halogens is 2. The molecule has 1 fully saturated rings. The van der Waals surface area contributed by atoms with Gasteiger partial charge in [-0.05, 0) is 35.2 Å². The van der Waals surface area contributed by atoms with Crippen molar-refractivity contribution in [2.24, 2.45) is 10.9 Å². The van der Waals surface area contributed by atoms with Crippen LogP contribution in [0.5, 0.6) is 5.75 Å². The van der Waals surface area contributed by atoms with Crippen LogP contribution in [-0.2, 0) is 30.6 Å². The minimum atomic E-state index is -1.26. The molecule has 0 aliphatic carbocycles. The lowest BCUT2D eigenvalue weighted by Gasteiger charge is -2.49. The number of nitrogens with zero attached hydrogens (tertiary/aromatic N) is 3. The van der Waals surface area contributed by atoms with Crippen molar-refractivity contribution < 1.29 is 33.1 Å². The van der Waals surface area contributed by atoms with E-state index in [4.69, 9.17) is 26.8 Å². The van der Waals surface area contributed by atoms with Crippen LogP contribution in [-0.4, -0.2) is 70.5 Å². The molecule has 4 rings (SSSR count). The monoisotopic (exact) mass is 572 g/mol. The van der Waals surface area contributed by atoms with Crippen molar-refractivity contribution in [1.82, 2.24) is 20.1 Å². The van der Waals surface area contributed by atoms with Gasteiger partial charge in [0.15, 0.2) is 0 Å². The molecule has 1 aromatic rings. The van der Waals surface area contributed by atoms with Gasteiger partial charge in [-0.15, -0.1) is 23.4 Å². The zero-order chi connectivity index (χ0) is 26.5. The van der Waals surface area contributed by atoms with Gasteiger partial charge in [0.1, 0.15) is 34.5 Å². The largest absolute Gasteiger partial charge is 0.497 e. The van der Waals surface area contributed by atoms with Crippen molar-refractivity contribution in [2.45, 2.75) is 18.0 Å². The minimum absolute atomic E-state index is 0.0201. The van der Waals surface area contributed by atoms with E-state index in [1.165, 1.54) is 22.9 Å². The van der Waals surface area contributed by atoms with Gasteiger partial charge >= 0.3 is 5.97 Å². The summed E-state index contributed by atoms with van der Waals surface area (Å²) in [5.74, 6) is -1.38. The van der Waals surface area contributed by atoms with Crippen LogP contribution < -0.4 is 20.6 Å². The summed E-state index contributed by atoms with van der Waals surface area (Å²) in [4.78, 5) is 47.3. The number of esters is 1. The first kappa shape index (κ1) is 26.9. The molecular formula is C21H22ClFN6O6S2. The number of carbonyl (C=O) groups is 3. The molecule has 4 N–H and O–H groups in total. The number of benzene rings is 1. The number of oxime groups is 1. The Bertz CT molecular complexity index is 1170. The van der Waals surface area contributed by atoms with E-state index in [1.807, 2.05) is 0 Å². The molecule has 3 aliphatic rings. The van der Waals surface area contributed by atoms with Crippen LogP contribution in [0.3, 0.4) is 0 Å². The summed E-state index contributed by atoms with van der Waals surface area (Å²) in [6.45, 7) is -1.28. The zero-order valence-corrected chi connectivity index (χ0v) is 21.7. The third-order valence-corrected chi connectivity index (χ3v) is 7.66. The molecule has 0 unspecified atom stereocenters. The van der Waals surface area contributed by atoms with E-state index < -0.39 is 36.1 Å². The topological polar surface area (TPSA) is 148 Å². The van der Waals surface area contributed by atoms with Gasteiger partial charge in [0.05, 0.1) is 13.3 Å². The smallest absolute Gasteiger partial charge is 0.355 e. The number of rotatable bonds is 8. The summed E-state index contributed by atoms with van der Waals surface area (Å²) in [7, 11) is 1.55. The van der Waals surface area contributed by atoms with Gasteiger partial charge in [-0.3, -0.25) is 14.5 Å². The first-order chi connectivity index (χ1) is 17.9. The quantitative estimate of drug-likeness (QED) is 0.0782. The van der Waals surface area contributed by atoms with Crippen molar-refractivity contribution in [2.75, 3.05) is 25.6 Å².